The van der Waals surface area contributed by atoms with E-state index in [1.54, 1.807) is 12.4 Å². The van der Waals surface area contributed by atoms with Crippen molar-refractivity contribution >= 4 is 17.5 Å². The third-order valence-electron chi connectivity index (χ3n) is 4.90. The van der Waals surface area contributed by atoms with Crippen LogP contribution in [0.1, 0.15) is 57.4 Å². The number of aryl methyl sites for hydroxylation is 2. The zero-order valence-electron chi connectivity index (χ0n) is 19.2. The van der Waals surface area contributed by atoms with Crippen LogP contribution < -0.4 is 16.8 Å². The monoisotopic (exact) mass is 417 g/mol. The van der Waals surface area contributed by atoms with Gasteiger partial charge in [-0.1, -0.05) is 44.9 Å². The summed E-state index contributed by atoms with van der Waals surface area (Å²) in [7, 11) is 0. The van der Waals surface area contributed by atoms with Gasteiger partial charge in [0.25, 0.3) is 0 Å². The largest absolute Gasteiger partial charge is 0.404 e. The molecule has 5 heteroatoms. The van der Waals surface area contributed by atoms with Crippen LogP contribution in [0.25, 0.3) is 5.57 Å². The zero-order chi connectivity index (χ0) is 22.6. The molecular weight excluding hydrogens is 382 g/mol. The lowest BCUT2D eigenvalue weighted by molar-refractivity contribution is 0.916. The molecule has 0 saturated heterocycles. The summed E-state index contributed by atoms with van der Waals surface area (Å²) in [5, 5.41) is 3.38. The topological polar surface area (TPSA) is 89.3 Å². The summed E-state index contributed by atoms with van der Waals surface area (Å²) in [5.74, 6) is 0. The van der Waals surface area contributed by atoms with Crippen molar-refractivity contribution in [1.82, 2.24) is 10.3 Å². The highest BCUT2D eigenvalue weighted by molar-refractivity contribution is 5.84. The lowest BCUT2D eigenvalue weighted by atomic mass is 10.0. The molecule has 0 atom stereocenters. The van der Waals surface area contributed by atoms with Crippen LogP contribution in [0.15, 0.2) is 77.0 Å². The summed E-state index contributed by atoms with van der Waals surface area (Å²) in [6.07, 6.45) is 11.4. The summed E-state index contributed by atoms with van der Waals surface area (Å²) in [6.45, 7) is 8.14. The van der Waals surface area contributed by atoms with Crippen molar-refractivity contribution < 1.29 is 0 Å². The van der Waals surface area contributed by atoms with Crippen LogP contribution in [0.3, 0.4) is 0 Å². The van der Waals surface area contributed by atoms with Crippen LogP contribution in [-0.2, 0) is 12.8 Å². The Morgan fingerprint density at radius 1 is 1.06 bits per heavy atom. The molecule has 164 valence electrons. The fraction of sp³-hybridized carbons (Fsp3) is 0.308. The lowest BCUT2D eigenvalue weighted by Crippen LogP contribution is -2.20. The van der Waals surface area contributed by atoms with Crippen LogP contribution in [0.2, 0.25) is 0 Å². The minimum absolute atomic E-state index is 0.634. The highest BCUT2D eigenvalue weighted by Crippen LogP contribution is 2.21. The van der Waals surface area contributed by atoms with Gasteiger partial charge < -0.3 is 16.8 Å². The Morgan fingerprint density at radius 3 is 2.32 bits per heavy atom. The second-order valence-corrected chi connectivity index (χ2v) is 7.48. The van der Waals surface area contributed by atoms with Crippen LogP contribution in [0, 0.1) is 0 Å². The molecule has 0 aliphatic carbocycles. The van der Waals surface area contributed by atoms with Crippen molar-refractivity contribution in [3.63, 3.8) is 0 Å². The van der Waals surface area contributed by atoms with Crippen LogP contribution in [0.5, 0.6) is 0 Å². The van der Waals surface area contributed by atoms with Gasteiger partial charge in [0.05, 0.1) is 23.3 Å². The highest BCUT2D eigenvalue weighted by Gasteiger charge is 2.11. The molecule has 0 fully saturated rings. The smallest absolute Gasteiger partial charge is 0.0758 e. The quantitative estimate of drug-likeness (QED) is 0.358. The molecule has 2 rings (SSSR count). The maximum atomic E-state index is 6.14. The fourth-order valence-electron chi connectivity index (χ4n) is 3.23. The predicted molar refractivity (Wildman–Crippen MR) is 133 cm³/mol. The molecular formula is C26H35N5. The third-order valence-corrected chi connectivity index (χ3v) is 4.90. The predicted octanol–water partition coefficient (Wildman–Crippen LogP) is 5.37. The average molecular weight is 418 g/mol. The van der Waals surface area contributed by atoms with Gasteiger partial charge in [-0.25, -0.2) is 0 Å². The molecule has 1 aromatic heterocycles. The molecule has 31 heavy (non-hydrogen) atoms. The second kappa shape index (κ2) is 12.4. The summed E-state index contributed by atoms with van der Waals surface area (Å²) < 4.78 is 0. The van der Waals surface area contributed by atoms with E-state index in [1.165, 1.54) is 11.1 Å². The molecule has 0 radical (unpaired) electrons. The molecule has 0 aliphatic heterocycles. The number of nitrogens with two attached hydrogens (primary N) is 2. The molecule has 0 bridgehead atoms. The van der Waals surface area contributed by atoms with Gasteiger partial charge >= 0.3 is 0 Å². The van der Waals surface area contributed by atoms with Crippen molar-refractivity contribution in [2.75, 3.05) is 0 Å². The minimum Gasteiger partial charge on any atom is -0.404 e. The summed E-state index contributed by atoms with van der Waals surface area (Å²) >= 11 is 0. The van der Waals surface area contributed by atoms with Crippen LogP contribution >= 0.6 is 0 Å². The summed E-state index contributed by atoms with van der Waals surface area (Å²) in [4.78, 5) is 9.11. The minimum atomic E-state index is 0.634. The molecule has 5 N–H and O–H groups in total. The van der Waals surface area contributed by atoms with Gasteiger partial charge in [0.15, 0.2) is 0 Å². The van der Waals surface area contributed by atoms with Gasteiger partial charge in [-0.3, -0.25) is 9.98 Å². The zero-order valence-corrected chi connectivity index (χ0v) is 19.2. The van der Waals surface area contributed by atoms with Gasteiger partial charge in [0.2, 0.25) is 0 Å². The normalized spacial score (nSPS) is 13.4. The van der Waals surface area contributed by atoms with Gasteiger partial charge in [-0.15, -0.1) is 0 Å². The molecule has 0 amide bonds. The number of rotatable bonds is 10. The standard InChI is InChI=1S/C26H35N5/c1-5-8-20-10-12-22(13-11-20)30-18-26(19(4)28)31-24(7-3)23(17-27)25-16-21(9-6-2)14-15-29-25/h7,10-18,31H,5-6,8-9,27-28H2,1-4H3/b23-17-,24-7+,26-19+,30-18?. The first-order valence-corrected chi connectivity index (χ1v) is 10.9. The van der Waals surface area contributed by atoms with Crippen molar-refractivity contribution in [2.45, 2.75) is 53.4 Å². The van der Waals surface area contributed by atoms with Gasteiger partial charge in [-0.2, -0.15) is 0 Å². The molecule has 5 nitrogen and oxygen atoms in total. The maximum Gasteiger partial charge on any atom is 0.0758 e. The molecule has 0 aliphatic rings. The number of aliphatic imine (C=N–C) groups is 1. The number of hydrogen-bond acceptors (Lipinski definition) is 5. The van der Waals surface area contributed by atoms with E-state index in [0.717, 1.165) is 54.0 Å². The number of benzene rings is 1. The van der Waals surface area contributed by atoms with E-state index in [0.29, 0.717) is 5.70 Å². The maximum absolute atomic E-state index is 6.14. The number of pyridine rings is 1. The van der Waals surface area contributed by atoms with E-state index < -0.39 is 0 Å². The number of aromatic nitrogens is 1. The van der Waals surface area contributed by atoms with Gasteiger partial charge in [0.1, 0.15) is 0 Å². The first-order chi connectivity index (χ1) is 15.0. The van der Waals surface area contributed by atoms with Crippen LogP contribution in [-0.4, -0.2) is 11.2 Å². The van der Waals surface area contributed by atoms with E-state index in [1.807, 2.05) is 44.3 Å². The van der Waals surface area contributed by atoms with E-state index in [9.17, 15) is 0 Å². The van der Waals surface area contributed by atoms with Crippen molar-refractivity contribution in [2.24, 2.45) is 16.5 Å². The molecule has 1 aromatic carbocycles. The average Bonchev–Trinajstić information content (AvgIpc) is 2.77. The summed E-state index contributed by atoms with van der Waals surface area (Å²) in [6, 6.07) is 12.4. The third kappa shape index (κ3) is 7.14. The van der Waals surface area contributed by atoms with Crippen LogP contribution in [0.4, 0.5) is 5.69 Å². The Balaban J connectivity index is 2.23. The van der Waals surface area contributed by atoms with E-state index >= 15 is 0 Å². The first-order valence-electron chi connectivity index (χ1n) is 10.9. The van der Waals surface area contributed by atoms with E-state index in [4.69, 9.17) is 11.5 Å². The Hall–Kier alpha value is -3.34. The second-order valence-electron chi connectivity index (χ2n) is 7.48. The van der Waals surface area contributed by atoms with Gasteiger partial charge in [0, 0.05) is 29.4 Å². The molecule has 0 unspecified atom stereocenters. The number of hydrogen-bond donors (Lipinski definition) is 3. The lowest BCUT2D eigenvalue weighted by Gasteiger charge is -2.16. The Labute approximate surface area is 186 Å². The van der Waals surface area contributed by atoms with Crippen molar-refractivity contribution in [3.05, 3.63) is 88.8 Å². The van der Waals surface area contributed by atoms with E-state index in [2.05, 4.69) is 47.3 Å². The van der Waals surface area contributed by atoms with Crippen molar-refractivity contribution in [3.8, 4) is 0 Å². The highest BCUT2D eigenvalue weighted by atomic mass is 14.9. The summed E-state index contributed by atoms with van der Waals surface area (Å²) in [5.41, 5.74) is 19.4. The molecule has 2 aromatic rings. The van der Waals surface area contributed by atoms with Gasteiger partial charge in [-0.05, 0) is 62.1 Å². The molecule has 0 spiro atoms. The number of nitrogens with zero attached hydrogens (tertiary/aromatic N) is 2. The Kier molecular flexibility index (Phi) is 9.56. The molecule has 0 saturated carbocycles. The fourth-order valence-corrected chi connectivity index (χ4v) is 3.23. The first kappa shape index (κ1) is 23.9. The Bertz CT molecular complexity index is 962. The van der Waals surface area contributed by atoms with Crippen molar-refractivity contribution in [1.29, 1.82) is 0 Å². The van der Waals surface area contributed by atoms with E-state index in [-0.39, 0.29) is 0 Å². The molecule has 1 heterocycles. The number of nitrogens with one attached hydrogen (secondary N) is 1. The SMILES string of the molecule is C/C=C(N/C(C=Nc1ccc(CCC)cc1)=C(\C)N)\C(=C\N)c1cc(CCC)ccn1. The number of allylic oxidation sites excluding steroid dienone is 4. The Morgan fingerprint density at radius 2 is 1.74 bits per heavy atom.